The smallest absolute Gasteiger partial charge is 0.193 e. The molecule has 2 aliphatic rings. The number of nitrogens with one attached hydrogen (secondary N) is 1. The molecule has 6 heteroatoms. The number of hydrogen-bond acceptors (Lipinski definition) is 2. The molecule has 120 valence electrons. The van der Waals surface area contributed by atoms with Gasteiger partial charge in [0.1, 0.15) is 5.82 Å². The van der Waals surface area contributed by atoms with Crippen LogP contribution in [0.25, 0.3) is 0 Å². The highest BCUT2D eigenvalue weighted by Crippen LogP contribution is 2.38. The molecule has 0 aromatic heterocycles. The third-order valence-electron chi connectivity index (χ3n) is 4.58. The maximum atomic E-state index is 13.8. The van der Waals surface area contributed by atoms with Crippen LogP contribution in [0, 0.1) is 11.2 Å². The van der Waals surface area contributed by atoms with Crippen LogP contribution in [0.1, 0.15) is 18.4 Å². The average Bonchev–Trinajstić information content (AvgIpc) is 3.14. The zero-order valence-electron chi connectivity index (χ0n) is 12.7. The fourth-order valence-corrected chi connectivity index (χ4v) is 3.68. The van der Waals surface area contributed by atoms with Gasteiger partial charge < -0.3 is 15.0 Å². The van der Waals surface area contributed by atoms with E-state index in [1.54, 1.807) is 19.2 Å². The van der Waals surface area contributed by atoms with Gasteiger partial charge in [-0.2, -0.15) is 0 Å². The van der Waals surface area contributed by atoms with Crippen LogP contribution in [0.4, 0.5) is 4.39 Å². The molecule has 0 radical (unpaired) electrons. The van der Waals surface area contributed by atoms with Gasteiger partial charge in [0.15, 0.2) is 5.96 Å². The number of halogens is 2. The van der Waals surface area contributed by atoms with E-state index in [9.17, 15) is 4.39 Å². The molecule has 0 saturated carbocycles. The van der Waals surface area contributed by atoms with E-state index in [2.05, 4.69) is 31.1 Å². The van der Waals surface area contributed by atoms with Gasteiger partial charge in [0, 0.05) is 48.7 Å². The van der Waals surface area contributed by atoms with Crippen molar-refractivity contribution in [3.05, 3.63) is 34.1 Å². The second-order valence-electron chi connectivity index (χ2n) is 6.11. The number of rotatable bonds is 2. The first-order valence-electron chi connectivity index (χ1n) is 7.59. The molecule has 1 atom stereocenters. The zero-order chi connectivity index (χ0) is 15.6. The Kier molecular flexibility index (Phi) is 4.68. The molecule has 1 N–H and O–H groups in total. The summed E-state index contributed by atoms with van der Waals surface area (Å²) in [6, 6.07) is 4.98. The number of aliphatic imine (C=N–C) groups is 1. The van der Waals surface area contributed by atoms with Crippen molar-refractivity contribution in [2.45, 2.75) is 19.4 Å². The van der Waals surface area contributed by atoms with Gasteiger partial charge in [-0.25, -0.2) is 4.39 Å². The second kappa shape index (κ2) is 6.54. The second-order valence-corrected chi connectivity index (χ2v) is 7.03. The number of guanidine groups is 1. The lowest BCUT2D eigenvalue weighted by molar-refractivity contribution is 0.156. The van der Waals surface area contributed by atoms with Crippen molar-refractivity contribution in [3.8, 4) is 0 Å². The monoisotopic (exact) mass is 369 g/mol. The molecule has 1 spiro atoms. The van der Waals surface area contributed by atoms with E-state index in [4.69, 9.17) is 4.74 Å². The Morgan fingerprint density at radius 2 is 2.36 bits per heavy atom. The molecule has 0 amide bonds. The molecular formula is C16H21BrFN3O. The van der Waals surface area contributed by atoms with E-state index in [1.807, 2.05) is 0 Å². The summed E-state index contributed by atoms with van der Waals surface area (Å²) < 4.78 is 20.2. The molecule has 2 aliphatic heterocycles. The van der Waals surface area contributed by atoms with Gasteiger partial charge in [-0.15, -0.1) is 0 Å². The topological polar surface area (TPSA) is 36.9 Å². The lowest BCUT2D eigenvalue weighted by atomic mass is 9.87. The molecular weight excluding hydrogens is 349 g/mol. The van der Waals surface area contributed by atoms with Crippen LogP contribution in [0.2, 0.25) is 0 Å². The molecule has 22 heavy (non-hydrogen) atoms. The van der Waals surface area contributed by atoms with E-state index < -0.39 is 0 Å². The first-order chi connectivity index (χ1) is 10.6. The highest BCUT2D eigenvalue weighted by molar-refractivity contribution is 9.10. The molecule has 0 aliphatic carbocycles. The summed E-state index contributed by atoms with van der Waals surface area (Å²) in [7, 11) is 1.77. The quantitative estimate of drug-likeness (QED) is 0.643. The Morgan fingerprint density at radius 1 is 1.50 bits per heavy atom. The Balaban J connectivity index is 1.62. The highest BCUT2D eigenvalue weighted by atomic mass is 79.9. The average molecular weight is 370 g/mol. The summed E-state index contributed by atoms with van der Waals surface area (Å²) in [6.45, 7) is 4.08. The van der Waals surface area contributed by atoms with Crippen LogP contribution in [0.3, 0.4) is 0 Å². The minimum absolute atomic E-state index is 0.201. The summed E-state index contributed by atoms with van der Waals surface area (Å²) in [4.78, 5) is 6.60. The van der Waals surface area contributed by atoms with Gasteiger partial charge in [-0.1, -0.05) is 15.9 Å². The normalized spacial score (nSPS) is 25.2. The predicted octanol–water partition coefficient (Wildman–Crippen LogP) is 2.78. The van der Waals surface area contributed by atoms with Crippen LogP contribution >= 0.6 is 15.9 Å². The van der Waals surface area contributed by atoms with Crippen molar-refractivity contribution in [3.63, 3.8) is 0 Å². The third kappa shape index (κ3) is 3.27. The van der Waals surface area contributed by atoms with E-state index >= 15 is 0 Å². The SMILES string of the molecule is CN=C(NCc1cc(Br)ccc1F)N1CCC2(CCOC2)C1. The summed E-state index contributed by atoms with van der Waals surface area (Å²) in [6.07, 6.45) is 2.26. The fraction of sp³-hybridized carbons (Fsp3) is 0.562. The van der Waals surface area contributed by atoms with Crippen molar-refractivity contribution in [2.75, 3.05) is 33.4 Å². The van der Waals surface area contributed by atoms with Gasteiger partial charge in [0.05, 0.1) is 6.61 Å². The Hall–Kier alpha value is -1.14. The first kappa shape index (κ1) is 15.7. The lowest BCUT2D eigenvalue weighted by Gasteiger charge is -2.25. The summed E-state index contributed by atoms with van der Waals surface area (Å²) in [5, 5.41) is 3.28. The standard InChI is InChI=1S/C16H21BrFN3O/c1-19-15(20-9-12-8-13(17)2-3-14(12)18)21-6-4-16(10-21)5-7-22-11-16/h2-3,8H,4-7,9-11H2,1H3,(H,19,20). The van der Waals surface area contributed by atoms with Crippen molar-refractivity contribution in [1.82, 2.24) is 10.2 Å². The van der Waals surface area contributed by atoms with Crippen LogP contribution in [0.15, 0.2) is 27.7 Å². The first-order valence-corrected chi connectivity index (χ1v) is 8.38. The lowest BCUT2D eigenvalue weighted by Crippen LogP contribution is -2.41. The van der Waals surface area contributed by atoms with Gasteiger partial charge in [0.25, 0.3) is 0 Å². The van der Waals surface area contributed by atoms with Gasteiger partial charge in [-0.05, 0) is 31.0 Å². The van der Waals surface area contributed by atoms with Crippen LogP contribution in [0.5, 0.6) is 0 Å². The summed E-state index contributed by atoms with van der Waals surface area (Å²) >= 11 is 3.38. The Bertz CT molecular complexity index is 573. The zero-order valence-corrected chi connectivity index (χ0v) is 14.3. The third-order valence-corrected chi connectivity index (χ3v) is 5.07. The van der Waals surface area contributed by atoms with Crippen molar-refractivity contribution >= 4 is 21.9 Å². The van der Waals surface area contributed by atoms with E-state index in [-0.39, 0.29) is 5.82 Å². The van der Waals surface area contributed by atoms with Crippen LogP contribution < -0.4 is 5.32 Å². The molecule has 1 aromatic carbocycles. The number of ether oxygens (including phenoxy) is 1. The summed E-state index contributed by atoms with van der Waals surface area (Å²) in [5.74, 6) is 0.636. The number of nitrogens with zero attached hydrogens (tertiary/aromatic N) is 2. The molecule has 2 heterocycles. The predicted molar refractivity (Wildman–Crippen MR) is 88.4 cm³/mol. The molecule has 2 fully saturated rings. The molecule has 4 nitrogen and oxygen atoms in total. The number of likely N-dealkylation sites (tertiary alicyclic amines) is 1. The molecule has 0 bridgehead atoms. The molecule has 1 unspecified atom stereocenters. The van der Waals surface area contributed by atoms with E-state index in [1.165, 1.54) is 6.07 Å². The minimum atomic E-state index is -0.201. The highest BCUT2D eigenvalue weighted by Gasteiger charge is 2.42. The van der Waals surface area contributed by atoms with Gasteiger partial charge >= 0.3 is 0 Å². The van der Waals surface area contributed by atoms with Crippen molar-refractivity contribution in [1.29, 1.82) is 0 Å². The fourth-order valence-electron chi connectivity index (χ4n) is 3.27. The number of benzene rings is 1. The minimum Gasteiger partial charge on any atom is -0.381 e. The maximum Gasteiger partial charge on any atom is 0.193 e. The van der Waals surface area contributed by atoms with E-state index in [0.29, 0.717) is 17.5 Å². The van der Waals surface area contributed by atoms with Gasteiger partial charge in [0.2, 0.25) is 0 Å². The molecule has 1 aromatic rings. The summed E-state index contributed by atoms with van der Waals surface area (Å²) in [5.41, 5.74) is 0.923. The van der Waals surface area contributed by atoms with Crippen LogP contribution in [-0.4, -0.2) is 44.2 Å². The maximum absolute atomic E-state index is 13.8. The van der Waals surface area contributed by atoms with E-state index in [0.717, 1.165) is 49.6 Å². The van der Waals surface area contributed by atoms with Crippen LogP contribution in [-0.2, 0) is 11.3 Å². The van der Waals surface area contributed by atoms with Crippen molar-refractivity contribution in [2.24, 2.45) is 10.4 Å². The molecule has 2 saturated heterocycles. The van der Waals surface area contributed by atoms with Gasteiger partial charge in [-0.3, -0.25) is 4.99 Å². The number of hydrogen-bond donors (Lipinski definition) is 1. The Morgan fingerprint density at radius 3 is 3.09 bits per heavy atom. The Labute approximate surface area is 138 Å². The largest absolute Gasteiger partial charge is 0.381 e. The molecule has 3 rings (SSSR count). The van der Waals surface area contributed by atoms with Crippen molar-refractivity contribution < 1.29 is 9.13 Å².